The maximum absolute atomic E-state index is 5.70. The summed E-state index contributed by atoms with van der Waals surface area (Å²) in [6, 6.07) is 7.87. The van der Waals surface area contributed by atoms with Crippen molar-refractivity contribution in [1.82, 2.24) is 0 Å². The monoisotopic (exact) mass is 278 g/mol. The van der Waals surface area contributed by atoms with Gasteiger partial charge in [-0.2, -0.15) is 0 Å². The maximum Gasteiger partial charge on any atom is 0.119 e. The fourth-order valence-electron chi connectivity index (χ4n) is 2.03. The second-order valence-electron chi connectivity index (χ2n) is 4.54. The van der Waals surface area contributed by atoms with Gasteiger partial charge in [0.05, 0.1) is 12.7 Å². The molecule has 1 heterocycles. The van der Waals surface area contributed by atoms with Gasteiger partial charge in [0.2, 0.25) is 0 Å². The highest BCUT2D eigenvalue weighted by Gasteiger charge is 2.14. The Morgan fingerprint density at radius 3 is 2.84 bits per heavy atom. The fourth-order valence-corrected chi connectivity index (χ4v) is 2.12. The molecular weight excluding hydrogens is 260 g/mol. The van der Waals surface area contributed by atoms with Crippen molar-refractivity contribution in [3.05, 3.63) is 29.8 Å². The Kier molecular flexibility index (Phi) is 6.07. The highest BCUT2D eigenvalue weighted by Crippen LogP contribution is 2.17. The van der Waals surface area contributed by atoms with E-state index in [2.05, 4.69) is 11.8 Å². The van der Waals surface area contributed by atoms with E-state index in [1.165, 1.54) is 12.8 Å². The van der Waals surface area contributed by atoms with E-state index in [-0.39, 0.29) is 0 Å². The second-order valence-corrected chi connectivity index (χ2v) is 4.92. The van der Waals surface area contributed by atoms with Crippen molar-refractivity contribution in [2.45, 2.75) is 31.8 Å². The highest BCUT2D eigenvalue weighted by atomic mass is 35.5. The predicted molar refractivity (Wildman–Crippen MR) is 77.7 cm³/mol. The zero-order valence-electron chi connectivity index (χ0n) is 11.0. The molecule has 0 N–H and O–H groups in total. The number of benzene rings is 1. The SMILES string of the molecule is ClCCC#Cc1ccc(OCCC2CCCO2)cc1. The minimum atomic E-state index is 0.390. The Balaban J connectivity index is 1.73. The third kappa shape index (κ3) is 5.14. The fraction of sp³-hybridized carbons (Fsp3) is 0.500. The maximum atomic E-state index is 5.70. The molecule has 0 radical (unpaired) electrons. The van der Waals surface area contributed by atoms with Crippen molar-refractivity contribution in [2.75, 3.05) is 19.1 Å². The quantitative estimate of drug-likeness (QED) is 0.605. The minimum absolute atomic E-state index is 0.390. The first-order chi connectivity index (χ1) is 9.38. The van der Waals surface area contributed by atoms with Gasteiger partial charge in [0.1, 0.15) is 5.75 Å². The van der Waals surface area contributed by atoms with Crippen molar-refractivity contribution in [3.63, 3.8) is 0 Å². The Bertz CT molecular complexity index is 424. The summed E-state index contributed by atoms with van der Waals surface area (Å²) in [4.78, 5) is 0. The summed E-state index contributed by atoms with van der Waals surface area (Å²) in [5.41, 5.74) is 0.997. The Morgan fingerprint density at radius 1 is 1.32 bits per heavy atom. The lowest BCUT2D eigenvalue weighted by Crippen LogP contribution is -2.10. The lowest BCUT2D eigenvalue weighted by Gasteiger charge is -2.10. The molecule has 0 bridgehead atoms. The lowest BCUT2D eigenvalue weighted by atomic mass is 10.2. The van der Waals surface area contributed by atoms with E-state index in [1.54, 1.807) is 0 Å². The van der Waals surface area contributed by atoms with E-state index in [0.717, 1.165) is 30.8 Å². The normalized spacial score (nSPS) is 17.8. The molecule has 19 heavy (non-hydrogen) atoms. The van der Waals surface area contributed by atoms with Gasteiger partial charge in [-0.15, -0.1) is 11.6 Å². The average molecular weight is 279 g/mol. The van der Waals surface area contributed by atoms with Gasteiger partial charge in [-0.3, -0.25) is 0 Å². The van der Waals surface area contributed by atoms with Gasteiger partial charge in [0.15, 0.2) is 0 Å². The van der Waals surface area contributed by atoms with Crippen LogP contribution >= 0.6 is 11.6 Å². The summed E-state index contributed by atoms with van der Waals surface area (Å²) in [7, 11) is 0. The Labute approximate surface area is 120 Å². The predicted octanol–water partition coefficient (Wildman–Crippen LogP) is 3.61. The summed E-state index contributed by atoms with van der Waals surface area (Å²) in [5, 5.41) is 0. The van der Waals surface area contributed by atoms with Gasteiger partial charge in [-0.25, -0.2) is 0 Å². The first-order valence-electron chi connectivity index (χ1n) is 6.78. The van der Waals surface area contributed by atoms with Crippen LogP contribution in [-0.4, -0.2) is 25.2 Å². The molecule has 1 fully saturated rings. The van der Waals surface area contributed by atoms with Crippen LogP contribution in [0.25, 0.3) is 0 Å². The van der Waals surface area contributed by atoms with Crippen LogP contribution < -0.4 is 4.74 Å². The molecule has 3 heteroatoms. The van der Waals surface area contributed by atoms with Crippen LogP contribution in [-0.2, 0) is 4.74 Å². The Hall–Kier alpha value is -1.17. The van der Waals surface area contributed by atoms with Crippen molar-refractivity contribution in [3.8, 4) is 17.6 Å². The van der Waals surface area contributed by atoms with Crippen molar-refractivity contribution in [2.24, 2.45) is 0 Å². The van der Waals surface area contributed by atoms with Crippen LogP contribution in [0.2, 0.25) is 0 Å². The van der Waals surface area contributed by atoms with Crippen molar-refractivity contribution in [1.29, 1.82) is 0 Å². The van der Waals surface area contributed by atoms with Gasteiger partial charge in [0, 0.05) is 30.9 Å². The van der Waals surface area contributed by atoms with Crippen LogP contribution in [0.1, 0.15) is 31.2 Å². The number of hydrogen-bond donors (Lipinski definition) is 0. The molecule has 0 amide bonds. The van der Waals surface area contributed by atoms with Crippen LogP contribution in [0.15, 0.2) is 24.3 Å². The summed E-state index contributed by atoms with van der Waals surface area (Å²) in [6.07, 6.45) is 4.43. The summed E-state index contributed by atoms with van der Waals surface area (Å²) < 4.78 is 11.3. The smallest absolute Gasteiger partial charge is 0.119 e. The third-order valence-electron chi connectivity index (χ3n) is 3.04. The molecule has 1 saturated heterocycles. The van der Waals surface area contributed by atoms with Gasteiger partial charge in [0.25, 0.3) is 0 Å². The molecule has 0 aliphatic carbocycles. The zero-order valence-corrected chi connectivity index (χ0v) is 11.8. The largest absolute Gasteiger partial charge is 0.493 e. The van der Waals surface area contributed by atoms with E-state index in [1.807, 2.05) is 24.3 Å². The highest BCUT2D eigenvalue weighted by molar-refractivity contribution is 6.18. The molecule has 1 aromatic carbocycles. The van der Waals surface area contributed by atoms with E-state index in [9.17, 15) is 0 Å². The number of hydrogen-bond acceptors (Lipinski definition) is 2. The molecular formula is C16H19ClO2. The standard InChI is InChI=1S/C16H19ClO2/c17-11-2-1-4-14-6-8-16(9-7-14)19-13-10-15-5-3-12-18-15/h6-9,15H,2-3,5,10-13H2. The molecule has 1 aliphatic heterocycles. The summed E-state index contributed by atoms with van der Waals surface area (Å²) in [5.74, 6) is 7.55. The average Bonchev–Trinajstić information content (AvgIpc) is 2.94. The van der Waals surface area contributed by atoms with Gasteiger partial charge in [-0.1, -0.05) is 11.8 Å². The molecule has 1 atom stereocenters. The molecule has 0 saturated carbocycles. The number of alkyl halides is 1. The minimum Gasteiger partial charge on any atom is -0.493 e. The molecule has 2 nitrogen and oxygen atoms in total. The van der Waals surface area contributed by atoms with Gasteiger partial charge in [-0.05, 0) is 37.1 Å². The van der Waals surface area contributed by atoms with Gasteiger partial charge >= 0.3 is 0 Å². The molecule has 1 aliphatic rings. The molecule has 0 spiro atoms. The van der Waals surface area contributed by atoms with E-state index < -0.39 is 0 Å². The molecule has 1 unspecified atom stereocenters. The van der Waals surface area contributed by atoms with E-state index >= 15 is 0 Å². The van der Waals surface area contributed by atoms with Crippen LogP contribution in [0, 0.1) is 11.8 Å². The van der Waals surface area contributed by atoms with Crippen molar-refractivity contribution < 1.29 is 9.47 Å². The van der Waals surface area contributed by atoms with Crippen LogP contribution in [0.4, 0.5) is 0 Å². The Morgan fingerprint density at radius 2 is 2.16 bits per heavy atom. The van der Waals surface area contributed by atoms with E-state index in [4.69, 9.17) is 21.1 Å². The second kappa shape index (κ2) is 8.09. The first kappa shape index (κ1) is 14.2. The summed E-state index contributed by atoms with van der Waals surface area (Å²) in [6.45, 7) is 1.61. The number of halogens is 1. The van der Waals surface area contributed by atoms with Crippen LogP contribution in [0.3, 0.4) is 0 Å². The number of ether oxygens (including phenoxy) is 2. The lowest BCUT2D eigenvalue weighted by molar-refractivity contribution is 0.0903. The van der Waals surface area contributed by atoms with Crippen molar-refractivity contribution >= 4 is 11.6 Å². The molecule has 1 aromatic rings. The number of rotatable bonds is 5. The molecule has 0 aromatic heterocycles. The summed E-state index contributed by atoms with van der Waals surface area (Å²) >= 11 is 5.57. The van der Waals surface area contributed by atoms with Crippen LogP contribution in [0.5, 0.6) is 5.75 Å². The van der Waals surface area contributed by atoms with E-state index in [0.29, 0.717) is 18.6 Å². The topological polar surface area (TPSA) is 18.5 Å². The third-order valence-corrected chi connectivity index (χ3v) is 3.23. The zero-order chi connectivity index (χ0) is 13.3. The van der Waals surface area contributed by atoms with Gasteiger partial charge < -0.3 is 9.47 Å². The molecule has 102 valence electrons. The molecule has 2 rings (SSSR count). The first-order valence-corrected chi connectivity index (χ1v) is 7.31.